The average molecular weight is 246 g/mol. The Bertz CT molecular complexity index is 284. The minimum absolute atomic E-state index is 0.120. The van der Waals surface area contributed by atoms with E-state index >= 15 is 0 Å². The summed E-state index contributed by atoms with van der Waals surface area (Å²) in [7, 11) is 0. The zero-order chi connectivity index (χ0) is 12.8. The Balaban J connectivity index is 2.42. The molecule has 1 rings (SSSR count). The number of rotatable bonds is 5. The molecule has 1 fully saturated rings. The first-order chi connectivity index (χ1) is 8.04. The Morgan fingerprint density at radius 2 is 2.24 bits per heavy atom. The predicted molar refractivity (Wildman–Crippen MR) is 58.3 cm³/mol. The van der Waals surface area contributed by atoms with E-state index in [0.29, 0.717) is 19.7 Å². The van der Waals surface area contributed by atoms with Gasteiger partial charge in [-0.2, -0.15) is 0 Å². The van der Waals surface area contributed by atoms with Crippen LogP contribution in [-0.2, 0) is 14.3 Å². The second kappa shape index (κ2) is 6.53. The Morgan fingerprint density at radius 3 is 2.82 bits per heavy atom. The smallest absolute Gasteiger partial charge is 0.303 e. The molecule has 7 nitrogen and oxygen atoms in total. The van der Waals surface area contributed by atoms with Crippen LogP contribution in [0.15, 0.2) is 0 Å². The van der Waals surface area contributed by atoms with Gasteiger partial charge in [0, 0.05) is 19.5 Å². The van der Waals surface area contributed by atoms with E-state index in [1.165, 1.54) is 4.90 Å². The number of nitrogens with two attached hydrogens (primary N) is 1. The lowest BCUT2D eigenvalue weighted by Gasteiger charge is -2.33. The highest BCUT2D eigenvalue weighted by Gasteiger charge is 2.27. The third-order valence-corrected chi connectivity index (χ3v) is 2.64. The zero-order valence-electron chi connectivity index (χ0n) is 9.54. The summed E-state index contributed by atoms with van der Waals surface area (Å²) in [4.78, 5) is 23.7. The van der Waals surface area contributed by atoms with Gasteiger partial charge in [-0.3, -0.25) is 9.59 Å². The van der Waals surface area contributed by atoms with Gasteiger partial charge in [0.05, 0.1) is 25.4 Å². The maximum atomic E-state index is 11.8. The number of carbonyl (C=O) groups is 2. The summed E-state index contributed by atoms with van der Waals surface area (Å²) in [6.45, 7) is 0.947. The van der Waals surface area contributed by atoms with Gasteiger partial charge in [-0.05, 0) is 6.42 Å². The first kappa shape index (κ1) is 13.9. The Morgan fingerprint density at radius 1 is 1.53 bits per heavy atom. The summed E-state index contributed by atoms with van der Waals surface area (Å²) in [5.41, 5.74) is 5.63. The molecule has 1 saturated heterocycles. The number of carboxylic acids is 1. The van der Waals surface area contributed by atoms with Crippen LogP contribution in [0.3, 0.4) is 0 Å². The number of hydrogen-bond donors (Lipinski definition) is 3. The normalized spacial score (nSPS) is 22.2. The maximum absolute atomic E-state index is 11.8. The van der Waals surface area contributed by atoms with Gasteiger partial charge < -0.3 is 25.6 Å². The second-order valence-electron chi connectivity index (χ2n) is 4.00. The minimum Gasteiger partial charge on any atom is -0.481 e. The van der Waals surface area contributed by atoms with Gasteiger partial charge in [0.1, 0.15) is 0 Å². The molecule has 0 radical (unpaired) electrons. The van der Waals surface area contributed by atoms with Crippen LogP contribution in [-0.4, -0.2) is 65.4 Å². The van der Waals surface area contributed by atoms with Crippen LogP contribution in [0.4, 0.5) is 0 Å². The molecule has 1 aliphatic heterocycles. The summed E-state index contributed by atoms with van der Waals surface area (Å²) in [5, 5.41) is 17.4. The highest BCUT2D eigenvalue weighted by Crippen LogP contribution is 2.08. The molecule has 7 heteroatoms. The number of aliphatic hydroxyl groups excluding tert-OH is 1. The number of amides is 1. The minimum atomic E-state index is -0.969. The van der Waals surface area contributed by atoms with Gasteiger partial charge in [-0.25, -0.2) is 0 Å². The van der Waals surface area contributed by atoms with Crippen molar-refractivity contribution in [1.29, 1.82) is 0 Å². The fourth-order valence-electron chi connectivity index (χ4n) is 1.67. The van der Waals surface area contributed by atoms with E-state index < -0.39 is 12.0 Å². The fourth-order valence-corrected chi connectivity index (χ4v) is 1.67. The van der Waals surface area contributed by atoms with Gasteiger partial charge >= 0.3 is 5.97 Å². The Labute approximate surface area is 99.1 Å². The lowest BCUT2D eigenvalue weighted by atomic mass is 10.1. The molecular formula is C10H18N2O5. The number of hydrogen-bond acceptors (Lipinski definition) is 5. The molecule has 4 N–H and O–H groups in total. The van der Waals surface area contributed by atoms with Gasteiger partial charge in [-0.15, -0.1) is 0 Å². The summed E-state index contributed by atoms with van der Waals surface area (Å²) >= 11 is 0. The van der Waals surface area contributed by atoms with Crippen molar-refractivity contribution in [2.45, 2.75) is 25.0 Å². The molecule has 0 spiro atoms. The van der Waals surface area contributed by atoms with Crippen LogP contribution in [0.25, 0.3) is 0 Å². The van der Waals surface area contributed by atoms with E-state index in [9.17, 15) is 9.59 Å². The Kier molecular flexibility index (Phi) is 5.33. The van der Waals surface area contributed by atoms with E-state index in [1.807, 2.05) is 0 Å². The average Bonchev–Trinajstić information content (AvgIpc) is 2.35. The summed E-state index contributed by atoms with van der Waals surface area (Å²) in [6, 6.07) is -0.802. The molecule has 2 atom stereocenters. The molecule has 17 heavy (non-hydrogen) atoms. The molecule has 1 heterocycles. The molecule has 0 bridgehead atoms. The molecule has 1 amide bonds. The number of nitrogens with zero attached hydrogens (tertiary/aromatic N) is 1. The molecule has 98 valence electrons. The quantitative estimate of drug-likeness (QED) is 0.538. The van der Waals surface area contributed by atoms with Crippen molar-refractivity contribution < 1.29 is 24.5 Å². The molecule has 2 unspecified atom stereocenters. The van der Waals surface area contributed by atoms with Crippen molar-refractivity contribution in [1.82, 2.24) is 4.90 Å². The van der Waals surface area contributed by atoms with E-state index in [1.54, 1.807) is 0 Å². The van der Waals surface area contributed by atoms with E-state index in [4.69, 9.17) is 20.7 Å². The van der Waals surface area contributed by atoms with Crippen molar-refractivity contribution in [3.63, 3.8) is 0 Å². The van der Waals surface area contributed by atoms with Crippen molar-refractivity contribution >= 4 is 11.9 Å². The highest BCUT2D eigenvalue weighted by molar-refractivity contribution is 5.82. The van der Waals surface area contributed by atoms with Crippen molar-refractivity contribution in [3.05, 3.63) is 0 Å². The number of morpholine rings is 1. The van der Waals surface area contributed by atoms with E-state index in [-0.39, 0.29) is 31.5 Å². The first-order valence-electron chi connectivity index (χ1n) is 5.53. The monoisotopic (exact) mass is 246 g/mol. The third-order valence-electron chi connectivity index (χ3n) is 2.64. The van der Waals surface area contributed by atoms with Crippen LogP contribution in [0.5, 0.6) is 0 Å². The fraction of sp³-hybridized carbons (Fsp3) is 0.800. The molecule has 0 aromatic rings. The number of carboxylic acid groups (broad SMARTS) is 1. The molecule has 0 aromatic carbocycles. The number of carbonyl (C=O) groups excluding carboxylic acids is 1. The summed E-state index contributed by atoms with van der Waals surface area (Å²) < 4.78 is 5.21. The third kappa shape index (κ3) is 4.29. The molecular weight excluding hydrogens is 228 g/mol. The van der Waals surface area contributed by atoms with Gasteiger partial charge in [0.15, 0.2) is 0 Å². The first-order valence-corrected chi connectivity index (χ1v) is 5.53. The van der Waals surface area contributed by atoms with Gasteiger partial charge in [0.2, 0.25) is 5.91 Å². The van der Waals surface area contributed by atoms with E-state index in [2.05, 4.69) is 0 Å². The van der Waals surface area contributed by atoms with Crippen molar-refractivity contribution in [3.8, 4) is 0 Å². The number of aliphatic hydroxyl groups is 1. The van der Waals surface area contributed by atoms with Gasteiger partial charge in [0.25, 0.3) is 0 Å². The van der Waals surface area contributed by atoms with Crippen molar-refractivity contribution in [2.75, 3.05) is 26.3 Å². The Hall–Kier alpha value is -1.18. The van der Waals surface area contributed by atoms with E-state index in [0.717, 1.165) is 0 Å². The predicted octanol–water partition coefficient (Wildman–Crippen LogP) is -1.60. The van der Waals surface area contributed by atoms with Crippen LogP contribution in [0, 0.1) is 0 Å². The standard InChI is InChI=1S/C10H18N2O5/c11-8(1-2-9(14)15)10(16)12-3-4-17-7(5-12)6-13/h7-8,13H,1-6,11H2,(H,14,15). The largest absolute Gasteiger partial charge is 0.481 e. The lowest BCUT2D eigenvalue weighted by molar-refractivity contribution is -0.142. The van der Waals surface area contributed by atoms with Gasteiger partial charge in [-0.1, -0.05) is 0 Å². The maximum Gasteiger partial charge on any atom is 0.303 e. The zero-order valence-corrected chi connectivity index (χ0v) is 9.54. The molecule has 0 aliphatic carbocycles. The number of ether oxygens (including phenoxy) is 1. The number of aliphatic carboxylic acids is 1. The van der Waals surface area contributed by atoms with Crippen LogP contribution < -0.4 is 5.73 Å². The van der Waals surface area contributed by atoms with Crippen LogP contribution in [0.2, 0.25) is 0 Å². The topological polar surface area (TPSA) is 113 Å². The molecule has 1 aliphatic rings. The summed E-state index contributed by atoms with van der Waals surface area (Å²) in [5.74, 6) is -1.25. The highest BCUT2D eigenvalue weighted by atomic mass is 16.5. The lowest BCUT2D eigenvalue weighted by Crippen LogP contribution is -2.52. The molecule has 0 aromatic heterocycles. The SMILES string of the molecule is NC(CCC(=O)O)C(=O)N1CCOC(CO)C1. The summed E-state index contributed by atoms with van der Waals surface area (Å²) in [6.07, 6.45) is -0.380. The molecule has 0 saturated carbocycles. The van der Waals surface area contributed by atoms with Crippen molar-refractivity contribution in [2.24, 2.45) is 5.73 Å². The van der Waals surface area contributed by atoms with Crippen LogP contribution in [0.1, 0.15) is 12.8 Å². The van der Waals surface area contributed by atoms with Crippen LogP contribution >= 0.6 is 0 Å². The second-order valence-corrected chi connectivity index (χ2v) is 4.00.